The van der Waals surface area contributed by atoms with E-state index in [1.807, 2.05) is 7.05 Å². The van der Waals surface area contributed by atoms with Crippen molar-refractivity contribution in [1.82, 2.24) is 5.32 Å². The Labute approximate surface area is 92.0 Å². The highest BCUT2D eigenvalue weighted by Gasteiger charge is 1.93. The van der Waals surface area contributed by atoms with Crippen LogP contribution in [0.1, 0.15) is 18.1 Å². The summed E-state index contributed by atoms with van der Waals surface area (Å²) in [5, 5.41) is 3.16. The Morgan fingerprint density at radius 3 is 2.93 bits per heavy atom. The number of hydrogen-bond acceptors (Lipinski definition) is 2. The predicted molar refractivity (Wildman–Crippen MR) is 64.7 cm³/mol. The van der Waals surface area contributed by atoms with E-state index < -0.39 is 0 Å². The average molecular weight is 205 g/mol. The second kappa shape index (κ2) is 6.38. The van der Waals surface area contributed by atoms with Crippen molar-refractivity contribution in [3.05, 3.63) is 41.5 Å². The summed E-state index contributed by atoms with van der Waals surface area (Å²) in [5.41, 5.74) is 2.42. The number of rotatable bonds is 5. The van der Waals surface area contributed by atoms with E-state index in [0.29, 0.717) is 12.6 Å². The first-order valence-corrected chi connectivity index (χ1v) is 5.19. The molecule has 0 amide bonds. The molecule has 15 heavy (non-hydrogen) atoms. The van der Waals surface area contributed by atoms with Gasteiger partial charge >= 0.3 is 0 Å². The molecule has 0 saturated carbocycles. The molecule has 1 atom stereocenters. The van der Waals surface area contributed by atoms with Crippen molar-refractivity contribution in [3.8, 4) is 0 Å². The van der Waals surface area contributed by atoms with Crippen molar-refractivity contribution >= 4 is 6.08 Å². The highest BCUT2D eigenvalue weighted by Crippen LogP contribution is 2.08. The zero-order chi connectivity index (χ0) is 11.1. The molecule has 1 aromatic carbocycles. The molecule has 0 heterocycles. The van der Waals surface area contributed by atoms with Gasteiger partial charge < -0.3 is 10.1 Å². The fourth-order valence-corrected chi connectivity index (χ4v) is 1.30. The van der Waals surface area contributed by atoms with Gasteiger partial charge in [0.2, 0.25) is 0 Å². The minimum absolute atomic E-state index is 0.399. The first-order chi connectivity index (χ1) is 7.26. The van der Waals surface area contributed by atoms with Crippen LogP contribution in [0.25, 0.3) is 6.08 Å². The summed E-state index contributed by atoms with van der Waals surface area (Å²) >= 11 is 0. The summed E-state index contributed by atoms with van der Waals surface area (Å²) in [6, 6.07) is 8.76. The molecular formula is C13H19NO. The van der Waals surface area contributed by atoms with Crippen molar-refractivity contribution in [1.29, 1.82) is 0 Å². The maximum atomic E-state index is 5.09. The van der Waals surface area contributed by atoms with Crippen molar-refractivity contribution in [2.24, 2.45) is 0 Å². The molecule has 0 aromatic heterocycles. The fraction of sp³-hybridized carbons (Fsp3) is 0.385. The van der Waals surface area contributed by atoms with E-state index in [9.17, 15) is 0 Å². The molecule has 0 aliphatic heterocycles. The van der Waals surface area contributed by atoms with Crippen LogP contribution < -0.4 is 5.32 Å². The van der Waals surface area contributed by atoms with Crippen LogP contribution in [0, 0.1) is 0 Å². The molecule has 2 nitrogen and oxygen atoms in total. The monoisotopic (exact) mass is 205 g/mol. The molecule has 82 valence electrons. The second-order valence-electron chi connectivity index (χ2n) is 3.61. The molecule has 0 aliphatic rings. The van der Waals surface area contributed by atoms with Crippen LogP contribution in [0.3, 0.4) is 0 Å². The molecule has 1 rings (SSSR count). The Kier molecular flexibility index (Phi) is 5.08. The molecule has 0 spiro atoms. The number of hydrogen-bond donors (Lipinski definition) is 1. The van der Waals surface area contributed by atoms with Crippen LogP contribution in [0.2, 0.25) is 0 Å². The molecule has 2 heteroatoms. The number of methoxy groups -OCH3 is 1. The van der Waals surface area contributed by atoms with Crippen molar-refractivity contribution < 1.29 is 4.74 Å². The van der Waals surface area contributed by atoms with Gasteiger partial charge in [-0.15, -0.1) is 0 Å². The zero-order valence-corrected chi connectivity index (χ0v) is 9.66. The van der Waals surface area contributed by atoms with Crippen LogP contribution in [0.15, 0.2) is 30.3 Å². The molecular weight excluding hydrogens is 186 g/mol. The van der Waals surface area contributed by atoms with Gasteiger partial charge in [0.05, 0.1) is 6.61 Å². The normalized spacial score (nSPS) is 13.3. The van der Waals surface area contributed by atoms with Gasteiger partial charge in [-0.05, 0) is 31.2 Å². The van der Waals surface area contributed by atoms with Gasteiger partial charge in [0, 0.05) is 13.2 Å². The Balaban J connectivity index is 2.68. The summed E-state index contributed by atoms with van der Waals surface area (Å²) in [4.78, 5) is 0. The zero-order valence-electron chi connectivity index (χ0n) is 9.66. The smallest absolute Gasteiger partial charge is 0.0713 e. The molecule has 1 unspecified atom stereocenters. The number of nitrogens with one attached hydrogen (secondary N) is 1. The summed E-state index contributed by atoms with van der Waals surface area (Å²) in [6.07, 6.45) is 4.27. The van der Waals surface area contributed by atoms with Gasteiger partial charge in [-0.25, -0.2) is 0 Å². The van der Waals surface area contributed by atoms with Crippen LogP contribution in [-0.2, 0) is 11.3 Å². The van der Waals surface area contributed by atoms with Gasteiger partial charge in [-0.1, -0.05) is 30.4 Å². The van der Waals surface area contributed by atoms with Gasteiger partial charge in [-0.2, -0.15) is 0 Å². The minimum atomic E-state index is 0.399. The van der Waals surface area contributed by atoms with Crippen LogP contribution in [0.5, 0.6) is 0 Å². The van der Waals surface area contributed by atoms with Gasteiger partial charge in [0.15, 0.2) is 0 Å². The van der Waals surface area contributed by atoms with Crippen molar-refractivity contribution in [2.45, 2.75) is 19.6 Å². The van der Waals surface area contributed by atoms with E-state index in [-0.39, 0.29) is 0 Å². The molecule has 0 radical (unpaired) electrons. The maximum Gasteiger partial charge on any atom is 0.0713 e. The summed E-state index contributed by atoms with van der Waals surface area (Å²) in [6.45, 7) is 2.79. The third-order valence-electron chi connectivity index (χ3n) is 2.29. The van der Waals surface area contributed by atoms with Crippen molar-refractivity contribution in [2.75, 3.05) is 14.2 Å². The second-order valence-corrected chi connectivity index (χ2v) is 3.61. The standard InChI is InChI=1S/C13H19NO/c1-11(14-2)7-8-12-5-4-6-13(9-12)10-15-3/h4-9,11,14H,10H2,1-3H3/b8-7+. The lowest BCUT2D eigenvalue weighted by Gasteiger charge is -2.03. The topological polar surface area (TPSA) is 21.3 Å². The number of ether oxygens (including phenoxy) is 1. The van der Waals surface area contributed by atoms with Gasteiger partial charge in [-0.3, -0.25) is 0 Å². The van der Waals surface area contributed by atoms with E-state index in [4.69, 9.17) is 4.74 Å². The minimum Gasteiger partial charge on any atom is -0.380 e. The molecule has 0 fully saturated rings. The average Bonchev–Trinajstić information content (AvgIpc) is 2.27. The summed E-state index contributed by atoms with van der Waals surface area (Å²) in [5.74, 6) is 0. The lowest BCUT2D eigenvalue weighted by molar-refractivity contribution is 0.185. The number of benzene rings is 1. The van der Waals surface area contributed by atoms with Gasteiger partial charge in [0.25, 0.3) is 0 Å². The van der Waals surface area contributed by atoms with E-state index in [1.165, 1.54) is 11.1 Å². The molecule has 0 saturated heterocycles. The summed E-state index contributed by atoms with van der Waals surface area (Å²) in [7, 11) is 3.67. The third kappa shape index (κ3) is 4.28. The van der Waals surface area contributed by atoms with Crippen molar-refractivity contribution in [3.63, 3.8) is 0 Å². The molecule has 1 aromatic rings. The lowest BCUT2D eigenvalue weighted by atomic mass is 10.1. The fourth-order valence-electron chi connectivity index (χ4n) is 1.30. The number of likely N-dealkylation sites (N-methyl/N-ethyl adjacent to an activating group) is 1. The Bertz CT molecular complexity index is 320. The molecule has 0 bridgehead atoms. The lowest BCUT2D eigenvalue weighted by Crippen LogP contribution is -2.17. The quantitative estimate of drug-likeness (QED) is 0.797. The Morgan fingerprint density at radius 1 is 1.47 bits per heavy atom. The highest BCUT2D eigenvalue weighted by atomic mass is 16.5. The van der Waals surface area contributed by atoms with E-state index >= 15 is 0 Å². The third-order valence-corrected chi connectivity index (χ3v) is 2.29. The first kappa shape index (κ1) is 12.0. The van der Waals surface area contributed by atoms with Gasteiger partial charge in [0.1, 0.15) is 0 Å². The maximum absolute atomic E-state index is 5.09. The Hall–Kier alpha value is -1.12. The van der Waals surface area contributed by atoms with Crippen LogP contribution in [-0.4, -0.2) is 20.2 Å². The predicted octanol–water partition coefficient (Wildman–Crippen LogP) is 2.45. The van der Waals surface area contributed by atoms with Crippen LogP contribution in [0.4, 0.5) is 0 Å². The largest absolute Gasteiger partial charge is 0.380 e. The molecule has 0 aliphatic carbocycles. The SMILES string of the molecule is CNC(C)/C=C/c1cccc(COC)c1. The van der Waals surface area contributed by atoms with E-state index in [0.717, 1.165) is 0 Å². The summed E-state index contributed by atoms with van der Waals surface area (Å²) < 4.78 is 5.09. The highest BCUT2D eigenvalue weighted by molar-refractivity contribution is 5.50. The molecule has 1 N–H and O–H groups in total. The van der Waals surface area contributed by atoms with E-state index in [1.54, 1.807) is 7.11 Å². The van der Waals surface area contributed by atoms with E-state index in [2.05, 4.69) is 48.7 Å². The first-order valence-electron chi connectivity index (χ1n) is 5.19. The van der Waals surface area contributed by atoms with Crippen LogP contribution >= 0.6 is 0 Å². The Morgan fingerprint density at radius 2 is 2.27 bits per heavy atom.